The Labute approximate surface area is 127 Å². The van der Waals surface area contributed by atoms with Crippen LogP contribution in [-0.2, 0) is 11.2 Å². The third-order valence-corrected chi connectivity index (χ3v) is 4.04. The maximum absolute atomic E-state index is 12.0. The number of hydrogen-bond donors (Lipinski definition) is 2. The van der Waals surface area contributed by atoms with E-state index in [-0.39, 0.29) is 11.9 Å². The molecule has 1 aromatic carbocycles. The van der Waals surface area contributed by atoms with Crippen molar-refractivity contribution in [2.24, 2.45) is 0 Å². The number of carbonyl (C=O) groups is 1. The van der Waals surface area contributed by atoms with Crippen molar-refractivity contribution in [2.45, 2.75) is 45.7 Å². The molecule has 2 rings (SSSR count). The highest BCUT2D eigenvalue weighted by Crippen LogP contribution is 2.29. The standard InChI is InChI=1S/C17H27N3O/c1-12(2)19-17(21)11-20-9-5-6-15-10-14(13(3)18-4)7-8-16(15)20/h7-8,10,12-13,18H,5-6,9,11H2,1-4H3,(H,19,21). The molecule has 21 heavy (non-hydrogen) atoms. The van der Waals surface area contributed by atoms with Crippen molar-refractivity contribution in [3.05, 3.63) is 29.3 Å². The minimum Gasteiger partial charge on any atom is -0.362 e. The Morgan fingerprint density at radius 1 is 1.33 bits per heavy atom. The molecule has 1 aliphatic rings. The van der Waals surface area contributed by atoms with Crippen molar-refractivity contribution < 1.29 is 4.79 Å². The molecule has 0 fully saturated rings. The van der Waals surface area contributed by atoms with Crippen molar-refractivity contribution in [1.82, 2.24) is 10.6 Å². The van der Waals surface area contributed by atoms with Gasteiger partial charge in [-0.25, -0.2) is 0 Å². The predicted octanol–water partition coefficient (Wildman–Crippen LogP) is 2.24. The molecule has 1 atom stereocenters. The summed E-state index contributed by atoms with van der Waals surface area (Å²) in [4.78, 5) is 14.2. The van der Waals surface area contributed by atoms with Crippen LogP contribution in [0, 0.1) is 0 Å². The first-order valence-corrected chi connectivity index (χ1v) is 7.85. The van der Waals surface area contributed by atoms with Gasteiger partial charge in [-0.15, -0.1) is 0 Å². The Bertz CT molecular complexity index is 499. The summed E-state index contributed by atoms with van der Waals surface area (Å²) in [6.45, 7) is 7.56. The molecule has 0 radical (unpaired) electrons. The fourth-order valence-corrected chi connectivity index (χ4v) is 2.84. The van der Waals surface area contributed by atoms with Crippen molar-refractivity contribution in [2.75, 3.05) is 25.0 Å². The molecule has 1 aliphatic heterocycles. The van der Waals surface area contributed by atoms with Crippen LogP contribution in [0.25, 0.3) is 0 Å². The molecule has 1 unspecified atom stereocenters. The third-order valence-electron chi connectivity index (χ3n) is 4.04. The SMILES string of the molecule is CNC(C)c1ccc2c(c1)CCCN2CC(=O)NC(C)C. The molecular formula is C17H27N3O. The Hall–Kier alpha value is -1.55. The lowest BCUT2D eigenvalue weighted by Gasteiger charge is -2.31. The maximum Gasteiger partial charge on any atom is 0.239 e. The minimum atomic E-state index is 0.102. The molecule has 0 saturated heterocycles. The number of fused-ring (bicyclic) bond motifs is 1. The van der Waals surface area contributed by atoms with E-state index in [9.17, 15) is 4.79 Å². The van der Waals surface area contributed by atoms with E-state index in [0.717, 1.165) is 19.4 Å². The average molecular weight is 289 g/mol. The normalized spacial score (nSPS) is 15.8. The van der Waals surface area contributed by atoms with E-state index in [1.54, 1.807) is 0 Å². The molecule has 1 aromatic rings. The van der Waals surface area contributed by atoms with Crippen LogP contribution in [0.3, 0.4) is 0 Å². The van der Waals surface area contributed by atoms with Crippen molar-refractivity contribution in [1.29, 1.82) is 0 Å². The number of nitrogens with one attached hydrogen (secondary N) is 2. The molecule has 1 amide bonds. The third kappa shape index (κ3) is 3.97. The second kappa shape index (κ2) is 6.94. The van der Waals surface area contributed by atoms with Crippen molar-refractivity contribution >= 4 is 11.6 Å². The van der Waals surface area contributed by atoms with Gasteiger partial charge in [0.2, 0.25) is 5.91 Å². The van der Waals surface area contributed by atoms with Crippen LogP contribution in [0.4, 0.5) is 5.69 Å². The number of rotatable bonds is 5. The molecule has 0 spiro atoms. The quantitative estimate of drug-likeness (QED) is 0.874. The zero-order valence-electron chi connectivity index (χ0n) is 13.6. The van der Waals surface area contributed by atoms with Crippen LogP contribution < -0.4 is 15.5 Å². The van der Waals surface area contributed by atoms with Crippen LogP contribution in [-0.4, -0.2) is 32.1 Å². The zero-order chi connectivity index (χ0) is 15.4. The second-order valence-electron chi connectivity index (χ2n) is 6.15. The molecule has 0 bridgehead atoms. The largest absolute Gasteiger partial charge is 0.362 e. The summed E-state index contributed by atoms with van der Waals surface area (Å²) in [5, 5.41) is 6.24. The van der Waals surface area contributed by atoms with Crippen LogP contribution in [0.15, 0.2) is 18.2 Å². The zero-order valence-corrected chi connectivity index (χ0v) is 13.6. The Kier molecular flexibility index (Phi) is 5.23. The number of nitrogens with zero attached hydrogens (tertiary/aromatic N) is 1. The first-order chi connectivity index (χ1) is 10.0. The first kappa shape index (κ1) is 15.8. The van der Waals surface area contributed by atoms with Gasteiger partial charge in [0.15, 0.2) is 0 Å². The lowest BCUT2D eigenvalue weighted by atomic mass is 9.97. The topological polar surface area (TPSA) is 44.4 Å². The van der Waals surface area contributed by atoms with Crippen LogP contribution in [0.5, 0.6) is 0 Å². The van der Waals surface area contributed by atoms with Gasteiger partial charge in [-0.1, -0.05) is 12.1 Å². The molecule has 4 heteroatoms. The van der Waals surface area contributed by atoms with Crippen LogP contribution in [0.2, 0.25) is 0 Å². The van der Waals surface area contributed by atoms with Gasteiger partial charge in [-0.05, 0) is 57.9 Å². The van der Waals surface area contributed by atoms with Crippen LogP contribution >= 0.6 is 0 Å². The highest BCUT2D eigenvalue weighted by Gasteiger charge is 2.20. The Morgan fingerprint density at radius 3 is 2.76 bits per heavy atom. The van der Waals surface area contributed by atoms with Gasteiger partial charge in [0.25, 0.3) is 0 Å². The lowest BCUT2D eigenvalue weighted by Crippen LogP contribution is -2.42. The fourth-order valence-electron chi connectivity index (χ4n) is 2.84. The maximum atomic E-state index is 12.0. The van der Waals surface area contributed by atoms with Gasteiger partial charge < -0.3 is 15.5 Å². The first-order valence-electron chi connectivity index (χ1n) is 7.85. The van der Waals surface area contributed by atoms with Gasteiger partial charge in [0, 0.05) is 24.3 Å². The second-order valence-corrected chi connectivity index (χ2v) is 6.15. The summed E-state index contributed by atoms with van der Waals surface area (Å²) in [5.41, 5.74) is 3.88. The average Bonchev–Trinajstić information content (AvgIpc) is 2.45. The summed E-state index contributed by atoms with van der Waals surface area (Å²) >= 11 is 0. The molecule has 1 heterocycles. The number of aryl methyl sites for hydroxylation is 1. The number of amides is 1. The highest BCUT2D eigenvalue weighted by atomic mass is 16.2. The highest BCUT2D eigenvalue weighted by molar-refractivity contribution is 5.82. The summed E-state index contributed by atoms with van der Waals surface area (Å²) in [6.07, 6.45) is 2.21. The number of anilines is 1. The molecule has 116 valence electrons. The smallest absolute Gasteiger partial charge is 0.239 e. The van der Waals surface area contributed by atoms with E-state index in [1.165, 1.54) is 16.8 Å². The summed E-state index contributed by atoms with van der Waals surface area (Å²) in [6, 6.07) is 7.16. The molecule has 0 aromatic heterocycles. The summed E-state index contributed by atoms with van der Waals surface area (Å²) < 4.78 is 0. The number of hydrogen-bond acceptors (Lipinski definition) is 3. The monoisotopic (exact) mass is 289 g/mol. The van der Waals surface area contributed by atoms with E-state index in [0.29, 0.717) is 12.6 Å². The Morgan fingerprint density at radius 2 is 2.10 bits per heavy atom. The number of carbonyl (C=O) groups excluding carboxylic acids is 1. The fraction of sp³-hybridized carbons (Fsp3) is 0.588. The van der Waals surface area contributed by atoms with Gasteiger partial charge in [-0.2, -0.15) is 0 Å². The molecular weight excluding hydrogens is 262 g/mol. The predicted molar refractivity (Wildman–Crippen MR) is 87.7 cm³/mol. The van der Waals surface area contributed by atoms with E-state index in [4.69, 9.17) is 0 Å². The van der Waals surface area contributed by atoms with E-state index < -0.39 is 0 Å². The molecule has 2 N–H and O–H groups in total. The number of benzene rings is 1. The van der Waals surface area contributed by atoms with Crippen molar-refractivity contribution in [3.8, 4) is 0 Å². The van der Waals surface area contributed by atoms with Gasteiger partial charge in [0.05, 0.1) is 6.54 Å². The van der Waals surface area contributed by atoms with E-state index in [2.05, 4.69) is 40.7 Å². The molecule has 0 aliphatic carbocycles. The van der Waals surface area contributed by atoms with Gasteiger partial charge in [-0.3, -0.25) is 4.79 Å². The van der Waals surface area contributed by atoms with Crippen LogP contribution in [0.1, 0.15) is 44.4 Å². The van der Waals surface area contributed by atoms with E-state index >= 15 is 0 Å². The summed E-state index contributed by atoms with van der Waals surface area (Å²) in [7, 11) is 1.98. The van der Waals surface area contributed by atoms with Crippen molar-refractivity contribution in [3.63, 3.8) is 0 Å². The Balaban J connectivity index is 2.14. The van der Waals surface area contributed by atoms with Gasteiger partial charge >= 0.3 is 0 Å². The summed E-state index contributed by atoms with van der Waals surface area (Å²) in [5.74, 6) is 0.102. The van der Waals surface area contributed by atoms with E-state index in [1.807, 2.05) is 20.9 Å². The molecule has 4 nitrogen and oxygen atoms in total. The minimum absolute atomic E-state index is 0.102. The van der Waals surface area contributed by atoms with Gasteiger partial charge in [0.1, 0.15) is 0 Å². The molecule has 0 saturated carbocycles. The lowest BCUT2D eigenvalue weighted by molar-refractivity contribution is -0.120.